The lowest BCUT2D eigenvalue weighted by Crippen LogP contribution is -2.25. The molecule has 0 spiro atoms. The summed E-state index contributed by atoms with van der Waals surface area (Å²) in [7, 11) is 0. The summed E-state index contributed by atoms with van der Waals surface area (Å²) >= 11 is 0. The predicted molar refractivity (Wildman–Crippen MR) is 48.7 cm³/mol. The van der Waals surface area contributed by atoms with E-state index in [2.05, 4.69) is 17.1 Å². The van der Waals surface area contributed by atoms with Crippen molar-refractivity contribution in [3.63, 3.8) is 0 Å². The molecule has 1 aliphatic carbocycles. The van der Waals surface area contributed by atoms with Crippen LogP contribution in [0.25, 0.3) is 0 Å². The topological polar surface area (TPSA) is 68.8 Å². The van der Waals surface area contributed by atoms with Gasteiger partial charge in [-0.15, -0.1) is 0 Å². The minimum absolute atomic E-state index is 0.109. The number of rotatable bonds is 2. The number of nitrogens with one attached hydrogen (secondary N) is 1. The van der Waals surface area contributed by atoms with Gasteiger partial charge in [-0.2, -0.15) is 5.10 Å². The first-order valence-electron chi connectivity index (χ1n) is 4.99. The van der Waals surface area contributed by atoms with E-state index in [1.807, 2.05) is 0 Å². The molecule has 0 amide bonds. The number of carbonyl (C=O) groups excluding carboxylic acids is 1. The highest BCUT2D eigenvalue weighted by Crippen LogP contribution is 2.27. The summed E-state index contributed by atoms with van der Waals surface area (Å²) < 4.78 is 0. The maximum absolute atomic E-state index is 10.7. The number of hydrogen-bond acceptors (Lipinski definition) is 3. The molecule has 0 aliphatic heterocycles. The van der Waals surface area contributed by atoms with E-state index in [-0.39, 0.29) is 5.69 Å². The minimum Gasteiger partial charge on any atom is -0.543 e. The van der Waals surface area contributed by atoms with Crippen molar-refractivity contribution in [2.45, 2.75) is 32.6 Å². The van der Waals surface area contributed by atoms with Gasteiger partial charge in [0.25, 0.3) is 0 Å². The molecule has 4 heteroatoms. The van der Waals surface area contributed by atoms with Gasteiger partial charge >= 0.3 is 0 Å². The van der Waals surface area contributed by atoms with Crippen molar-refractivity contribution in [3.05, 3.63) is 17.0 Å². The number of aromatic nitrogens is 2. The lowest BCUT2D eigenvalue weighted by atomic mass is 9.85. The predicted octanol–water partition coefficient (Wildman–Crippen LogP) is 0.288. The molecule has 0 radical (unpaired) electrons. The first kappa shape index (κ1) is 9.24. The number of aromatic carboxylic acids is 1. The second kappa shape index (κ2) is 3.44. The summed E-state index contributed by atoms with van der Waals surface area (Å²) in [5.74, 6) is -0.572. The van der Waals surface area contributed by atoms with Gasteiger partial charge in [0, 0.05) is 11.3 Å². The minimum atomic E-state index is -1.17. The van der Waals surface area contributed by atoms with Crippen molar-refractivity contribution in [2.75, 3.05) is 0 Å². The fourth-order valence-corrected chi connectivity index (χ4v) is 2.08. The molecule has 2 rings (SSSR count). The Hall–Kier alpha value is -1.32. The van der Waals surface area contributed by atoms with Gasteiger partial charge in [0.15, 0.2) is 0 Å². The van der Waals surface area contributed by atoms with Gasteiger partial charge in [0.1, 0.15) is 5.69 Å². The molecular formula is C10H13N2O2-. The van der Waals surface area contributed by atoms with Crippen LogP contribution in [0.4, 0.5) is 0 Å². The Bertz CT molecular complexity index is 357. The van der Waals surface area contributed by atoms with E-state index in [1.54, 1.807) is 0 Å². The zero-order chi connectivity index (χ0) is 10.1. The van der Waals surface area contributed by atoms with Crippen LogP contribution in [0.3, 0.4) is 0 Å². The average Bonchev–Trinajstić information content (AvgIpc) is 2.59. The van der Waals surface area contributed by atoms with Crippen LogP contribution in [0.1, 0.15) is 41.5 Å². The third kappa shape index (κ3) is 1.41. The normalized spacial score (nSPS) is 20.5. The van der Waals surface area contributed by atoms with Crippen molar-refractivity contribution in [2.24, 2.45) is 5.92 Å². The molecule has 0 fully saturated rings. The summed E-state index contributed by atoms with van der Waals surface area (Å²) in [6.45, 7) is 2.13. The van der Waals surface area contributed by atoms with Crippen molar-refractivity contribution in [1.82, 2.24) is 10.2 Å². The van der Waals surface area contributed by atoms with Crippen molar-refractivity contribution >= 4 is 5.97 Å². The SMILES string of the molecule is CC[C@H]1CCc2[nH]nc(C(=O)[O-])c2C1. The molecule has 0 saturated carbocycles. The molecule has 0 bridgehead atoms. The van der Waals surface area contributed by atoms with Gasteiger partial charge in [-0.05, 0) is 25.2 Å². The van der Waals surface area contributed by atoms with Crippen LogP contribution in [0, 0.1) is 5.92 Å². The molecule has 0 unspecified atom stereocenters. The molecule has 1 atom stereocenters. The summed E-state index contributed by atoms with van der Waals surface area (Å²) in [4.78, 5) is 10.7. The Kier molecular flexibility index (Phi) is 2.27. The standard InChI is InChI=1S/C10H14N2O2/c1-2-6-3-4-8-7(5-6)9(10(13)14)12-11-8/h6H,2-5H2,1H3,(H,11,12)(H,13,14)/p-1/t6-/m0/s1. The number of carboxylic acids is 1. The van der Waals surface area contributed by atoms with Crippen LogP contribution in [0.15, 0.2) is 0 Å². The number of carboxylic acid groups (broad SMARTS) is 1. The van der Waals surface area contributed by atoms with E-state index in [9.17, 15) is 9.90 Å². The summed E-state index contributed by atoms with van der Waals surface area (Å²) in [5.41, 5.74) is 1.95. The van der Waals surface area contributed by atoms with Crippen LogP contribution in [-0.4, -0.2) is 16.2 Å². The number of carbonyl (C=O) groups is 1. The number of aryl methyl sites for hydroxylation is 1. The van der Waals surface area contributed by atoms with Crippen LogP contribution >= 0.6 is 0 Å². The second-order valence-corrected chi connectivity index (χ2v) is 3.83. The van der Waals surface area contributed by atoms with Crippen LogP contribution in [-0.2, 0) is 12.8 Å². The first-order valence-corrected chi connectivity index (χ1v) is 4.99. The van der Waals surface area contributed by atoms with Crippen LogP contribution in [0.5, 0.6) is 0 Å². The van der Waals surface area contributed by atoms with E-state index < -0.39 is 5.97 Å². The average molecular weight is 193 g/mol. The fraction of sp³-hybridized carbons (Fsp3) is 0.600. The first-order chi connectivity index (χ1) is 6.72. The Morgan fingerprint density at radius 1 is 1.71 bits per heavy atom. The molecule has 1 N–H and O–H groups in total. The van der Waals surface area contributed by atoms with Gasteiger partial charge in [-0.25, -0.2) is 0 Å². The molecule has 1 aromatic rings. The number of hydrogen-bond donors (Lipinski definition) is 1. The zero-order valence-corrected chi connectivity index (χ0v) is 8.17. The lowest BCUT2D eigenvalue weighted by Gasteiger charge is -2.20. The quantitative estimate of drug-likeness (QED) is 0.733. The highest BCUT2D eigenvalue weighted by Gasteiger charge is 2.22. The maximum Gasteiger partial charge on any atom is 0.111 e. The summed E-state index contributed by atoms with van der Waals surface area (Å²) in [5, 5.41) is 17.3. The monoisotopic (exact) mass is 193 g/mol. The van der Waals surface area contributed by atoms with Crippen molar-refractivity contribution in [3.8, 4) is 0 Å². The van der Waals surface area contributed by atoms with Gasteiger partial charge < -0.3 is 9.90 Å². The maximum atomic E-state index is 10.7. The third-order valence-corrected chi connectivity index (χ3v) is 3.02. The molecular weight excluding hydrogens is 180 g/mol. The number of aromatic amines is 1. The van der Waals surface area contributed by atoms with Gasteiger partial charge in [-0.1, -0.05) is 13.3 Å². The lowest BCUT2D eigenvalue weighted by molar-refractivity contribution is -0.255. The Balaban J connectivity index is 2.32. The number of H-pyrrole nitrogens is 1. The van der Waals surface area contributed by atoms with E-state index in [1.165, 1.54) is 0 Å². The Morgan fingerprint density at radius 2 is 2.50 bits per heavy atom. The van der Waals surface area contributed by atoms with Gasteiger partial charge in [-0.3, -0.25) is 5.10 Å². The highest BCUT2D eigenvalue weighted by atomic mass is 16.4. The van der Waals surface area contributed by atoms with Gasteiger partial charge in [0.05, 0.1) is 5.97 Å². The largest absolute Gasteiger partial charge is 0.543 e. The molecule has 1 aromatic heterocycles. The molecule has 0 aromatic carbocycles. The molecule has 14 heavy (non-hydrogen) atoms. The van der Waals surface area contributed by atoms with Crippen LogP contribution < -0.4 is 5.11 Å². The fourth-order valence-electron chi connectivity index (χ4n) is 2.08. The third-order valence-electron chi connectivity index (χ3n) is 3.02. The molecule has 1 aliphatic rings. The van der Waals surface area contributed by atoms with E-state index in [4.69, 9.17) is 0 Å². The number of nitrogens with zero attached hydrogens (tertiary/aromatic N) is 1. The van der Waals surface area contributed by atoms with Crippen LogP contribution in [0.2, 0.25) is 0 Å². The van der Waals surface area contributed by atoms with Gasteiger partial charge in [0.2, 0.25) is 0 Å². The molecule has 0 saturated heterocycles. The van der Waals surface area contributed by atoms with Crippen molar-refractivity contribution < 1.29 is 9.90 Å². The second-order valence-electron chi connectivity index (χ2n) is 3.83. The molecule has 76 valence electrons. The summed E-state index contributed by atoms with van der Waals surface area (Å²) in [6.07, 6.45) is 3.95. The van der Waals surface area contributed by atoms with Crippen molar-refractivity contribution in [1.29, 1.82) is 0 Å². The molecule has 1 heterocycles. The number of fused-ring (bicyclic) bond motifs is 1. The van der Waals surface area contributed by atoms with E-state index >= 15 is 0 Å². The Morgan fingerprint density at radius 3 is 3.14 bits per heavy atom. The molecule has 4 nitrogen and oxygen atoms in total. The summed E-state index contributed by atoms with van der Waals surface area (Å²) in [6, 6.07) is 0. The smallest absolute Gasteiger partial charge is 0.111 e. The Labute approximate surface area is 82.3 Å². The highest BCUT2D eigenvalue weighted by molar-refractivity contribution is 5.85. The van der Waals surface area contributed by atoms with E-state index in [0.29, 0.717) is 5.92 Å². The van der Waals surface area contributed by atoms with E-state index in [0.717, 1.165) is 36.9 Å². The zero-order valence-electron chi connectivity index (χ0n) is 8.17.